The molecule has 5 heteroatoms. The molecule has 1 aromatic heterocycles. The Bertz CT molecular complexity index is 629. The summed E-state index contributed by atoms with van der Waals surface area (Å²) in [5.74, 6) is 0. The third-order valence-electron chi connectivity index (χ3n) is 3.51. The van der Waals surface area contributed by atoms with Crippen LogP contribution in [0.15, 0.2) is 41.7 Å². The number of rotatable bonds is 6. The zero-order chi connectivity index (χ0) is 16.2. The van der Waals surface area contributed by atoms with Crippen molar-refractivity contribution in [2.24, 2.45) is 12.0 Å². The first-order chi connectivity index (χ1) is 10.4. The second-order valence-electron chi connectivity index (χ2n) is 6.45. The SMILES string of the molecule is Cc1c(C=NC(CO[Si](C)(C)C)c2ccccc2)ncn1C. The summed E-state index contributed by atoms with van der Waals surface area (Å²) in [5, 5.41) is 0. The van der Waals surface area contributed by atoms with Gasteiger partial charge in [-0.2, -0.15) is 0 Å². The minimum Gasteiger partial charge on any atom is -0.415 e. The van der Waals surface area contributed by atoms with Crippen LogP contribution in [0, 0.1) is 6.92 Å². The maximum Gasteiger partial charge on any atom is 0.183 e. The minimum absolute atomic E-state index is 0.00864. The first-order valence-corrected chi connectivity index (χ1v) is 11.0. The fraction of sp³-hybridized carbons (Fsp3) is 0.412. The molecule has 118 valence electrons. The molecule has 0 spiro atoms. The van der Waals surface area contributed by atoms with Crippen LogP contribution in [-0.2, 0) is 11.5 Å². The third-order valence-corrected chi connectivity index (χ3v) is 4.54. The van der Waals surface area contributed by atoms with Gasteiger partial charge in [0.25, 0.3) is 0 Å². The van der Waals surface area contributed by atoms with Gasteiger partial charge in [0, 0.05) is 19.0 Å². The molecule has 0 aliphatic rings. The maximum absolute atomic E-state index is 6.07. The Morgan fingerprint density at radius 3 is 2.50 bits per heavy atom. The van der Waals surface area contributed by atoms with Crippen LogP contribution < -0.4 is 0 Å². The van der Waals surface area contributed by atoms with Crippen molar-refractivity contribution in [3.8, 4) is 0 Å². The van der Waals surface area contributed by atoms with Crippen LogP contribution in [0.5, 0.6) is 0 Å². The van der Waals surface area contributed by atoms with Gasteiger partial charge in [0.05, 0.1) is 19.0 Å². The topological polar surface area (TPSA) is 39.4 Å². The van der Waals surface area contributed by atoms with Gasteiger partial charge in [0.15, 0.2) is 8.32 Å². The summed E-state index contributed by atoms with van der Waals surface area (Å²) in [6.45, 7) is 9.25. The van der Waals surface area contributed by atoms with Crippen molar-refractivity contribution < 1.29 is 4.43 Å². The number of hydrogen-bond acceptors (Lipinski definition) is 3. The van der Waals surface area contributed by atoms with Gasteiger partial charge in [-0.25, -0.2) is 4.98 Å². The molecule has 22 heavy (non-hydrogen) atoms. The van der Waals surface area contributed by atoms with E-state index in [1.165, 1.54) is 5.56 Å². The minimum atomic E-state index is -1.56. The number of aliphatic imine (C=N–C) groups is 1. The molecule has 2 rings (SSSR count). The Hall–Kier alpha value is -1.72. The summed E-state index contributed by atoms with van der Waals surface area (Å²) in [7, 11) is 0.427. The van der Waals surface area contributed by atoms with Crippen molar-refractivity contribution in [2.45, 2.75) is 32.6 Å². The average molecular weight is 315 g/mol. The summed E-state index contributed by atoms with van der Waals surface area (Å²) in [4.78, 5) is 9.11. The maximum atomic E-state index is 6.07. The second kappa shape index (κ2) is 7.02. The molecule has 0 fully saturated rings. The van der Waals surface area contributed by atoms with Gasteiger partial charge in [-0.15, -0.1) is 0 Å². The number of benzene rings is 1. The lowest BCUT2D eigenvalue weighted by Gasteiger charge is -2.21. The monoisotopic (exact) mass is 315 g/mol. The first-order valence-electron chi connectivity index (χ1n) is 7.57. The van der Waals surface area contributed by atoms with E-state index in [1.54, 1.807) is 0 Å². The van der Waals surface area contributed by atoms with E-state index in [4.69, 9.17) is 9.42 Å². The standard InChI is InChI=1S/C17H25N3OSi/c1-14-16(19-13-20(14)2)11-18-17(12-21-22(3,4)5)15-9-7-6-8-10-15/h6-11,13,17H,12H2,1-5H3. The Morgan fingerprint density at radius 1 is 1.27 bits per heavy atom. The molecule has 0 bridgehead atoms. The molecule has 1 heterocycles. The molecule has 0 aliphatic carbocycles. The molecule has 4 nitrogen and oxygen atoms in total. The van der Waals surface area contributed by atoms with Gasteiger partial charge in [-0.05, 0) is 32.1 Å². The molecule has 0 aliphatic heterocycles. The number of imidazole rings is 1. The number of nitrogens with zero attached hydrogens (tertiary/aromatic N) is 3. The lowest BCUT2D eigenvalue weighted by atomic mass is 10.1. The molecule has 0 N–H and O–H groups in total. The van der Waals surface area contributed by atoms with Gasteiger partial charge < -0.3 is 8.99 Å². The van der Waals surface area contributed by atoms with E-state index >= 15 is 0 Å². The van der Waals surface area contributed by atoms with Gasteiger partial charge in [0.2, 0.25) is 0 Å². The Balaban J connectivity index is 2.19. The lowest BCUT2D eigenvalue weighted by molar-refractivity contribution is 0.285. The molecular weight excluding hydrogens is 290 g/mol. The van der Waals surface area contributed by atoms with Crippen LogP contribution in [0.3, 0.4) is 0 Å². The zero-order valence-corrected chi connectivity index (χ0v) is 15.1. The summed E-state index contributed by atoms with van der Waals surface area (Å²) in [6.07, 6.45) is 3.67. The average Bonchev–Trinajstić information content (AvgIpc) is 2.79. The lowest BCUT2D eigenvalue weighted by Crippen LogP contribution is -2.27. The molecular formula is C17H25N3OSi. The highest BCUT2D eigenvalue weighted by atomic mass is 28.4. The van der Waals surface area contributed by atoms with Gasteiger partial charge in [0.1, 0.15) is 5.69 Å². The van der Waals surface area contributed by atoms with Crippen LogP contribution in [0.4, 0.5) is 0 Å². The molecule has 0 saturated carbocycles. The van der Waals surface area contributed by atoms with Crippen LogP contribution in [0.25, 0.3) is 0 Å². The number of aryl methyl sites for hydroxylation is 1. The summed E-state index contributed by atoms with van der Waals surface area (Å²) < 4.78 is 8.07. The van der Waals surface area contributed by atoms with Gasteiger partial charge in [-0.3, -0.25) is 4.99 Å². The number of hydrogen-bond donors (Lipinski definition) is 0. The highest BCUT2D eigenvalue weighted by Crippen LogP contribution is 2.20. The van der Waals surface area contributed by atoms with E-state index in [9.17, 15) is 0 Å². The fourth-order valence-electron chi connectivity index (χ4n) is 2.03. The van der Waals surface area contributed by atoms with E-state index in [1.807, 2.05) is 49.3 Å². The second-order valence-corrected chi connectivity index (χ2v) is 11.0. The fourth-order valence-corrected chi connectivity index (χ4v) is 2.68. The number of aromatic nitrogens is 2. The molecule has 1 unspecified atom stereocenters. The summed E-state index contributed by atoms with van der Waals surface area (Å²) in [5.41, 5.74) is 3.20. The molecule has 1 atom stereocenters. The Kier molecular flexibility index (Phi) is 5.31. The van der Waals surface area contributed by atoms with Gasteiger partial charge >= 0.3 is 0 Å². The van der Waals surface area contributed by atoms with E-state index in [0.717, 1.165) is 11.4 Å². The third kappa shape index (κ3) is 4.64. The van der Waals surface area contributed by atoms with Crippen molar-refractivity contribution in [2.75, 3.05) is 6.61 Å². The normalized spacial score (nSPS) is 13.7. The van der Waals surface area contributed by atoms with E-state index < -0.39 is 8.32 Å². The molecule has 0 amide bonds. The van der Waals surface area contributed by atoms with Crippen molar-refractivity contribution in [1.29, 1.82) is 0 Å². The Morgan fingerprint density at radius 2 is 1.95 bits per heavy atom. The van der Waals surface area contributed by atoms with Crippen molar-refractivity contribution in [3.05, 3.63) is 53.6 Å². The van der Waals surface area contributed by atoms with E-state index in [0.29, 0.717) is 6.61 Å². The summed E-state index contributed by atoms with van der Waals surface area (Å²) >= 11 is 0. The Labute approximate surface area is 134 Å². The van der Waals surface area contributed by atoms with Crippen LogP contribution in [0.1, 0.15) is 23.0 Å². The molecule has 2 aromatic rings. The van der Waals surface area contributed by atoms with Crippen LogP contribution >= 0.6 is 0 Å². The highest BCUT2D eigenvalue weighted by Gasteiger charge is 2.18. The molecule has 1 aromatic carbocycles. The van der Waals surface area contributed by atoms with Crippen molar-refractivity contribution in [3.63, 3.8) is 0 Å². The summed E-state index contributed by atoms with van der Waals surface area (Å²) in [6, 6.07) is 10.3. The van der Waals surface area contributed by atoms with Gasteiger partial charge in [-0.1, -0.05) is 30.3 Å². The van der Waals surface area contributed by atoms with Crippen LogP contribution in [-0.4, -0.2) is 30.7 Å². The van der Waals surface area contributed by atoms with Crippen LogP contribution in [0.2, 0.25) is 19.6 Å². The molecule has 0 saturated heterocycles. The van der Waals surface area contributed by atoms with E-state index in [2.05, 4.69) is 36.8 Å². The highest BCUT2D eigenvalue weighted by molar-refractivity contribution is 6.69. The predicted molar refractivity (Wildman–Crippen MR) is 94.0 cm³/mol. The molecule has 0 radical (unpaired) electrons. The smallest absolute Gasteiger partial charge is 0.183 e. The zero-order valence-electron chi connectivity index (χ0n) is 14.1. The van der Waals surface area contributed by atoms with Crippen molar-refractivity contribution in [1.82, 2.24) is 9.55 Å². The quantitative estimate of drug-likeness (QED) is 0.602. The predicted octanol–water partition coefficient (Wildman–Crippen LogP) is 3.74. The van der Waals surface area contributed by atoms with Crippen molar-refractivity contribution >= 4 is 14.5 Å². The largest absolute Gasteiger partial charge is 0.415 e. The first kappa shape index (κ1) is 16.6. The van der Waals surface area contributed by atoms with E-state index in [-0.39, 0.29) is 6.04 Å².